The summed E-state index contributed by atoms with van der Waals surface area (Å²) in [6, 6.07) is 8.31. The fourth-order valence-corrected chi connectivity index (χ4v) is 2.31. The zero-order chi connectivity index (χ0) is 15.0. The minimum atomic E-state index is -1.05. The molecule has 1 heterocycles. The fraction of sp³-hybridized carbons (Fsp3) is 0.312. The molecule has 1 aromatic carbocycles. The van der Waals surface area contributed by atoms with Gasteiger partial charge in [0.05, 0.1) is 11.1 Å². The lowest BCUT2D eigenvalue weighted by atomic mass is 10.0. The van der Waals surface area contributed by atoms with Gasteiger partial charge < -0.3 is 10.4 Å². The molecule has 0 aliphatic heterocycles. The summed E-state index contributed by atoms with van der Waals surface area (Å²) in [6.45, 7) is 1.45. The number of para-hydroxylation sites is 1. The Balaban J connectivity index is 2.03. The van der Waals surface area contributed by atoms with E-state index in [-0.39, 0.29) is 5.91 Å². The van der Waals surface area contributed by atoms with Crippen molar-refractivity contribution in [3.8, 4) is 0 Å². The minimum absolute atomic E-state index is 0.370. The number of rotatable bonds is 4. The van der Waals surface area contributed by atoms with Gasteiger partial charge in [0, 0.05) is 17.0 Å². The van der Waals surface area contributed by atoms with Crippen LogP contribution in [0.15, 0.2) is 30.3 Å². The highest BCUT2D eigenvalue weighted by atomic mass is 16.4. The van der Waals surface area contributed by atoms with Crippen LogP contribution in [0.5, 0.6) is 0 Å². The molecule has 3 rings (SSSR count). The normalized spacial score (nSPS) is 15.7. The lowest BCUT2D eigenvalue weighted by Crippen LogP contribution is -2.38. The van der Waals surface area contributed by atoms with E-state index in [1.807, 2.05) is 24.3 Å². The van der Waals surface area contributed by atoms with Gasteiger partial charge in [-0.25, -0.2) is 0 Å². The predicted octanol–water partition coefficient (Wildman–Crippen LogP) is 2.32. The van der Waals surface area contributed by atoms with Crippen LogP contribution in [0.2, 0.25) is 0 Å². The molecular formula is C16H16N2O3. The van der Waals surface area contributed by atoms with Gasteiger partial charge in [0.2, 0.25) is 0 Å². The molecule has 1 atom stereocenters. The van der Waals surface area contributed by atoms with E-state index >= 15 is 0 Å². The molecule has 1 amide bonds. The van der Waals surface area contributed by atoms with Crippen molar-refractivity contribution in [2.24, 2.45) is 0 Å². The number of carboxylic acids is 1. The molecule has 5 heteroatoms. The number of nitrogens with zero attached hydrogens (tertiary/aromatic N) is 1. The molecule has 0 bridgehead atoms. The second-order valence-corrected chi connectivity index (χ2v) is 5.42. The SMILES string of the molecule is CC(NC(=O)c1cc(C2CC2)nc2ccccc12)C(=O)O. The Morgan fingerprint density at radius 2 is 2.05 bits per heavy atom. The molecule has 5 nitrogen and oxygen atoms in total. The van der Waals surface area contributed by atoms with Crippen molar-refractivity contribution in [2.45, 2.75) is 31.7 Å². The van der Waals surface area contributed by atoms with Crippen molar-refractivity contribution in [2.75, 3.05) is 0 Å². The first-order chi connectivity index (χ1) is 10.1. The summed E-state index contributed by atoms with van der Waals surface area (Å²) < 4.78 is 0. The topological polar surface area (TPSA) is 79.3 Å². The number of hydrogen-bond acceptors (Lipinski definition) is 3. The molecule has 21 heavy (non-hydrogen) atoms. The van der Waals surface area contributed by atoms with Crippen LogP contribution in [0, 0.1) is 0 Å². The van der Waals surface area contributed by atoms with Gasteiger partial charge >= 0.3 is 5.97 Å². The Labute approximate surface area is 122 Å². The molecule has 0 radical (unpaired) electrons. The van der Waals surface area contributed by atoms with Crippen molar-refractivity contribution in [3.05, 3.63) is 41.6 Å². The Morgan fingerprint density at radius 1 is 1.33 bits per heavy atom. The van der Waals surface area contributed by atoms with E-state index < -0.39 is 12.0 Å². The summed E-state index contributed by atoms with van der Waals surface area (Å²) in [5.41, 5.74) is 2.19. The molecule has 0 saturated heterocycles. The molecule has 1 fully saturated rings. The maximum atomic E-state index is 12.4. The number of pyridine rings is 1. The van der Waals surface area contributed by atoms with Crippen LogP contribution >= 0.6 is 0 Å². The first-order valence-electron chi connectivity index (χ1n) is 6.99. The molecule has 1 aliphatic rings. The van der Waals surface area contributed by atoms with Crippen LogP contribution < -0.4 is 5.32 Å². The minimum Gasteiger partial charge on any atom is -0.480 e. The van der Waals surface area contributed by atoms with Gasteiger partial charge in [-0.1, -0.05) is 18.2 Å². The average molecular weight is 284 g/mol. The first-order valence-corrected chi connectivity index (χ1v) is 6.99. The van der Waals surface area contributed by atoms with Crippen molar-refractivity contribution in [1.82, 2.24) is 10.3 Å². The Hall–Kier alpha value is -2.43. The van der Waals surface area contributed by atoms with Gasteiger partial charge in [0.1, 0.15) is 6.04 Å². The number of aromatic nitrogens is 1. The standard InChI is InChI=1S/C16H16N2O3/c1-9(16(20)21)17-15(19)12-8-14(10-6-7-10)18-13-5-3-2-4-11(12)13/h2-5,8-10H,6-7H2,1H3,(H,17,19)(H,20,21). The third-order valence-corrected chi connectivity index (χ3v) is 3.69. The van der Waals surface area contributed by atoms with Gasteiger partial charge in [-0.05, 0) is 31.9 Å². The summed E-state index contributed by atoms with van der Waals surface area (Å²) in [5, 5.41) is 12.2. The Morgan fingerprint density at radius 3 is 2.71 bits per heavy atom. The van der Waals surface area contributed by atoms with E-state index in [9.17, 15) is 9.59 Å². The number of aliphatic carboxylic acids is 1. The maximum absolute atomic E-state index is 12.4. The number of hydrogen-bond donors (Lipinski definition) is 2. The van der Waals surface area contributed by atoms with Crippen molar-refractivity contribution >= 4 is 22.8 Å². The van der Waals surface area contributed by atoms with E-state index in [4.69, 9.17) is 5.11 Å². The molecule has 1 aliphatic carbocycles. The van der Waals surface area contributed by atoms with Crippen LogP contribution in [0.1, 0.15) is 41.7 Å². The molecule has 108 valence electrons. The van der Waals surface area contributed by atoms with E-state index in [0.29, 0.717) is 11.5 Å². The lowest BCUT2D eigenvalue weighted by molar-refractivity contribution is -0.138. The number of amides is 1. The van der Waals surface area contributed by atoms with Crippen LogP contribution in [-0.2, 0) is 4.79 Å². The molecule has 1 aromatic heterocycles. The van der Waals surface area contributed by atoms with Crippen molar-refractivity contribution in [3.63, 3.8) is 0 Å². The zero-order valence-electron chi connectivity index (χ0n) is 11.7. The van der Waals surface area contributed by atoms with Crippen LogP contribution in [0.25, 0.3) is 10.9 Å². The largest absolute Gasteiger partial charge is 0.480 e. The number of carbonyl (C=O) groups is 2. The van der Waals surface area contributed by atoms with Gasteiger partial charge in [-0.3, -0.25) is 14.6 Å². The van der Waals surface area contributed by atoms with E-state index in [1.165, 1.54) is 6.92 Å². The summed E-state index contributed by atoms with van der Waals surface area (Å²) >= 11 is 0. The summed E-state index contributed by atoms with van der Waals surface area (Å²) in [4.78, 5) is 27.9. The molecular weight excluding hydrogens is 268 g/mol. The van der Waals surface area contributed by atoms with Gasteiger partial charge in [0.15, 0.2) is 0 Å². The van der Waals surface area contributed by atoms with E-state index in [2.05, 4.69) is 10.3 Å². The maximum Gasteiger partial charge on any atom is 0.325 e. The first kappa shape index (κ1) is 13.5. The quantitative estimate of drug-likeness (QED) is 0.903. The fourth-order valence-electron chi connectivity index (χ4n) is 2.31. The number of nitrogens with one attached hydrogen (secondary N) is 1. The predicted molar refractivity (Wildman–Crippen MR) is 78.3 cm³/mol. The monoisotopic (exact) mass is 284 g/mol. The Bertz CT molecular complexity index is 723. The number of fused-ring (bicyclic) bond motifs is 1. The Kier molecular flexibility index (Phi) is 3.33. The second-order valence-electron chi connectivity index (χ2n) is 5.42. The van der Waals surface area contributed by atoms with Gasteiger partial charge in [0.25, 0.3) is 5.91 Å². The number of benzene rings is 1. The van der Waals surface area contributed by atoms with E-state index in [0.717, 1.165) is 29.4 Å². The average Bonchev–Trinajstić information content (AvgIpc) is 3.30. The number of carboxylic acid groups (broad SMARTS) is 1. The van der Waals surface area contributed by atoms with Gasteiger partial charge in [-0.15, -0.1) is 0 Å². The van der Waals surface area contributed by atoms with E-state index in [1.54, 1.807) is 6.07 Å². The van der Waals surface area contributed by atoms with Crippen molar-refractivity contribution in [1.29, 1.82) is 0 Å². The van der Waals surface area contributed by atoms with Crippen LogP contribution in [0.4, 0.5) is 0 Å². The highest BCUT2D eigenvalue weighted by Gasteiger charge is 2.27. The molecule has 2 N–H and O–H groups in total. The summed E-state index contributed by atoms with van der Waals surface area (Å²) in [6.07, 6.45) is 2.19. The second kappa shape index (κ2) is 5.16. The number of carbonyl (C=O) groups excluding carboxylic acids is 1. The molecule has 0 spiro atoms. The summed E-state index contributed by atoms with van der Waals surface area (Å²) in [5.74, 6) is -0.993. The highest BCUT2D eigenvalue weighted by molar-refractivity contribution is 6.07. The highest BCUT2D eigenvalue weighted by Crippen LogP contribution is 2.40. The van der Waals surface area contributed by atoms with Crippen LogP contribution in [0.3, 0.4) is 0 Å². The smallest absolute Gasteiger partial charge is 0.325 e. The molecule has 2 aromatic rings. The third-order valence-electron chi connectivity index (χ3n) is 3.69. The van der Waals surface area contributed by atoms with Gasteiger partial charge in [-0.2, -0.15) is 0 Å². The zero-order valence-corrected chi connectivity index (χ0v) is 11.7. The molecule has 1 unspecified atom stereocenters. The van der Waals surface area contributed by atoms with Crippen molar-refractivity contribution < 1.29 is 14.7 Å². The lowest BCUT2D eigenvalue weighted by Gasteiger charge is -2.12. The third kappa shape index (κ3) is 2.72. The summed E-state index contributed by atoms with van der Waals surface area (Å²) in [7, 11) is 0. The van der Waals surface area contributed by atoms with Crippen LogP contribution in [-0.4, -0.2) is 28.0 Å². The molecule has 1 saturated carbocycles.